The zero-order valence-corrected chi connectivity index (χ0v) is 8.37. The minimum atomic E-state index is -0.309. The van der Waals surface area contributed by atoms with E-state index >= 15 is 0 Å². The first-order chi connectivity index (χ1) is 6.15. The van der Waals surface area contributed by atoms with Crippen molar-refractivity contribution in [2.75, 3.05) is 6.61 Å². The van der Waals surface area contributed by atoms with Gasteiger partial charge in [0.1, 0.15) is 0 Å². The molecule has 0 aliphatic rings. The van der Waals surface area contributed by atoms with E-state index in [1.165, 1.54) is 12.1 Å². The topological polar surface area (TPSA) is 86.7 Å². The van der Waals surface area contributed by atoms with Crippen molar-refractivity contribution in [3.63, 3.8) is 0 Å². The molecule has 4 nitrogen and oxygen atoms in total. The summed E-state index contributed by atoms with van der Waals surface area (Å²) in [5, 5.41) is 26.8. The van der Waals surface area contributed by atoms with Crippen molar-refractivity contribution in [1.82, 2.24) is 0 Å². The molecule has 1 aromatic carbocycles. The van der Waals surface area contributed by atoms with Gasteiger partial charge in [0.25, 0.3) is 0 Å². The van der Waals surface area contributed by atoms with Crippen molar-refractivity contribution in [1.29, 1.82) is 0 Å². The number of benzene rings is 1. The van der Waals surface area contributed by atoms with E-state index in [4.69, 9.17) is 21.1 Å². The minimum Gasteiger partial charge on any atom is -0.504 e. The number of nitrogens with two attached hydrogens (primary N) is 1. The molecule has 0 saturated carbocycles. The van der Waals surface area contributed by atoms with Crippen LogP contribution in [0.3, 0.4) is 0 Å². The maximum atomic E-state index is 9.15. The monoisotopic (exact) mass is 219 g/mol. The van der Waals surface area contributed by atoms with Gasteiger partial charge in [-0.1, -0.05) is 6.07 Å². The maximum absolute atomic E-state index is 9.15. The fraction of sp³-hybridized carbons (Fsp3) is 0.333. The third-order valence-electron chi connectivity index (χ3n) is 1.87. The molecule has 1 atom stereocenters. The normalized spacial score (nSPS) is 11.9. The minimum absolute atomic E-state index is 0. The summed E-state index contributed by atoms with van der Waals surface area (Å²) in [5.41, 5.74) is 6.37. The first-order valence-corrected chi connectivity index (χ1v) is 4.03. The van der Waals surface area contributed by atoms with E-state index in [1.807, 2.05) is 0 Å². The lowest BCUT2D eigenvalue weighted by atomic mass is 10.0. The predicted octanol–water partition coefficient (Wildman–Crippen LogP) is 0.902. The van der Waals surface area contributed by atoms with Gasteiger partial charge >= 0.3 is 0 Å². The van der Waals surface area contributed by atoms with Gasteiger partial charge < -0.3 is 21.1 Å². The highest BCUT2D eigenvalue weighted by Gasteiger charge is 2.07. The van der Waals surface area contributed by atoms with Crippen molar-refractivity contribution < 1.29 is 15.3 Å². The number of phenols is 2. The Morgan fingerprint density at radius 3 is 2.36 bits per heavy atom. The number of aromatic hydroxyl groups is 2. The molecule has 0 spiro atoms. The number of phenolic OH excluding ortho intramolecular Hbond substituents is 2. The van der Waals surface area contributed by atoms with Gasteiger partial charge in [-0.15, -0.1) is 12.4 Å². The lowest BCUT2D eigenvalue weighted by Crippen LogP contribution is -2.11. The fourth-order valence-electron chi connectivity index (χ4n) is 1.08. The van der Waals surface area contributed by atoms with E-state index in [0.717, 1.165) is 0 Å². The second-order valence-electron chi connectivity index (χ2n) is 2.87. The van der Waals surface area contributed by atoms with E-state index in [9.17, 15) is 0 Å². The third kappa shape index (κ3) is 3.06. The van der Waals surface area contributed by atoms with Crippen LogP contribution in [0.4, 0.5) is 0 Å². The average Bonchev–Trinajstić information content (AvgIpc) is 2.10. The quantitative estimate of drug-likeness (QED) is 0.569. The lowest BCUT2D eigenvalue weighted by Gasteiger charge is -2.10. The Kier molecular flexibility index (Phi) is 5.30. The van der Waals surface area contributed by atoms with Crippen LogP contribution in [0.2, 0.25) is 0 Å². The van der Waals surface area contributed by atoms with Gasteiger partial charge in [-0.3, -0.25) is 0 Å². The molecule has 0 amide bonds. The largest absolute Gasteiger partial charge is 0.504 e. The smallest absolute Gasteiger partial charge is 0.157 e. The SMILES string of the molecule is Cl.NC(CCO)c1ccc(O)c(O)c1. The molecule has 0 heterocycles. The number of aliphatic hydroxyl groups excluding tert-OH is 1. The predicted molar refractivity (Wildman–Crippen MR) is 55.7 cm³/mol. The number of halogens is 1. The Morgan fingerprint density at radius 2 is 1.86 bits per heavy atom. The molecule has 0 radical (unpaired) electrons. The molecule has 1 unspecified atom stereocenters. The Morgan fingerprint density at radius 1 is 1.21 bits per heavy atom. The molecule has 1 aromatic rings. The zero-order valence-electron chi connectivity index (χ0n) is 7.55. The molecule has 0 aromatic heterocycles. The molecule has 0 saturated heterocycles. The summed E-state index contributed by atoms with van der Waals surface area (Å²) < 4.78 is 0. The molecule has 80 valence electrons. The zero-order chi connectivity index (χ0) is 9.84. The molecular weight excluding hydrogens is 206 g/mol. The van der Waals surface area contributed by atoms with E-state index in [-0.39, 0.29) is 36.6 Å². The average molecular weight is 220 g/mol. The number of rotatable bonds is 3. The van der Waals surface area contributed by atoms with Crippen molar-refractivity contribution >= 4 is 12.4 Å². The van der Waals surface area contributed by atoms with Crippen molar-refractivity contribution in [3.05, 3.63) is 23.8 Å². The van der Waals surface area contributed by atoms with Crippen LogP contribution >= 0.6 is 12.4 Å². The van der Waals surface area contributed by atoms with Gasteiger partial charge in [0.2, 0.25) is 0 Å². The highest BCUT2D eigenvalue weighted by Crippen LogP contribution is 2.27. The Hall–Kier alpha value is -0.970. The Labute approximate surface area is 88.4 Å². The van der Waals surface area contributed by atoms with Gasteiger partial charge in [-0.25, -0.2) is 0 Å². The summed E-state index contributed by atoms with van der Waals surface area (Å²) in [6.07, 6.45) is 0.435. The van der Waals surface area contributed by atoms with Crippen LogP contribution in [0.25, 0.3) is 0 Å². The standard InChI is InChI=1S/C9H13NO3.ClH/c10-7(3-4-11)6-1-2-8(12)9(13)5-6;/h1-2,5,7,11-13H,3-4,10H2;1H. The third-order valence-corrected chi connectivity index (χ3v) is 1.87. The van der Waals surface area contributed by atoms with Gasteiger partial charge in [0, 0.05) is 12.6 Å². The number of aliphatic hydroxyl groups is 1. The van der Waals surface area contributed by atoms with Gasteiger partial charge in [0.05, 0.1) is 0 Å². The van der Waals surface area contributed by atoms with E-state index in [1.54, 1.807) is 6.07 Å². The van der Waals surface area contributed by atoms with Crippen LogP contribution in [-0.4, -0.2) is 21.9 Å². The summed E-state index contributed by atoms with van der Waals surface area (Å²) in [5.74, 6) is -0.356. The van der Waals surface area contributed by atoms with Crippen molar-refractivity contribution in [3.8, 4) is 11.5 Å². The highest BCUT2D eigenvalue weighted by atomic mass is 35.5. The number of hydrogen-bond donors (Lipinski definition) is 4. The molecule has 0 aliphatic heterocycles. The first kappa shape index (κ1) is 13.0. The van der Waals surface area contributed by atoms with Crippen LogP contribution < -0.4 is 5.73 Å². The molecule has 1 rings (SSSR count). The molecular formula is C9H14ClNO3. The van der Waals surface area contributed by atoms with Crippen LogP contribution in [0.5, 0.6) is 11.5 Å². The second-order valence-corrected chi connectivity index (χ2v) is 2.87. The number of hydrogen-bond acceptors (Lipinski definition) is 4. The molecule has 0 aliphatic carbocycles. The van der Waals surface area contributed by atoms with E-state index < -0.39 is 0 Å². The van der Waals surface area contributed by atoms with Crippen molar-refractivity contribution in [2.24, 2.45) is 5.73 Å². The Bertz CT molecular complexity index is 293. The van der Waals surface area contributed by atoms with Crippen LogP contribution in [0, 0.1) is 0 Å². The van der Waals surface area contributed by atoms with Crippen LogP contribution in [-0.2, 0) is 0 Å². The molecule has 0 bridgehead atoms. The van der Waals surface area contributed by atoms with Crippen LogP contribution in [0.15, 0.2) is 18.2 Å². The van der Waals surface area contributed by atoms with E-state index in [0.29, 0.717) is 12.0 Å². The van der Waals surface area contributed by atoms with Gasteiger partial charge in [0.15, 0.2) is 11.5 Å². The molecule has 0 fully saturated rings. The molecule has 5 heteroatoms. The molecule has 14 heavy (non-hydrogen) atoms. The lowest BCUT2D eigenvalue weighted by molar-refractivity contribution is 0.276. The van der Waals surface area contributed by atoms with E-state index in [2.05, 4.69) is 0 Å². The fourth-order valence-corrected chi connectivity index (χ4v) is 1.08. The first-order valence-electron chi connectivity index (χ1n) is 4.03. The summed E-state index contributed by atoms with van der Waals surface area (Å²) >= 11 is 0. The van der Waals surface area contributed by atoms with Crippen LogP contribution in [0.1, 0.15) is 18.0 Å². The maximum Gasteiger partial charge on any atom is 0.157 e. The summed E-state index contributed by atoms with van der Waals surface area (Å²) in [4.78, 5) is 0. The van der Waals surface area contributed by atoms with Crippen molar-refractivity contribution in [2.45, 2.75) is 12.5 Å². The van der Waals surface area contributed by atoms with Gasteiger partial charge in [-0.05, 0) is 24.1 Å². The highest BCUT2D eigenvalue weighted by molar-refractivity contribution is 5.85. The molecule has 5 N–H and O–H groups in total. The van der Waals surface area contributed by atoms with Gasteiger partial charge in [-0.2, -0.15) is 0 Å². The summed E-state index contributed by atoms with van der Waals surface area (Å²) in [6, 6.07) is 4.09. The summed E-state index contributed by atoms with van der Waals surface area (Å²) in [7, 11) is 0. The Balaban J connectivity index is 0.00000169. The summed E-state index contributed by atoms with van der Waals surface area (Å²) in [6.45, 7) is 0.00278. The second kappa shape index (κ2) is 5.70.